The molecule has 0 spiro atoms. The third-order valence-electron chi connectivity index (χ3n) is 3.29. The first-order chi connectivity index (χ1) is 5.74. The summed E-state index contributed by atoms with van der Waals surface area (Å²) in [6, 6.07) is 0.819. The van der Waals surface area contributed by atoms with Gasteiger partial charge in [0.05, 0.1) is 0 Å². The van der Waals surface area contributed by atoms with Crippen molar-refractivity contribution in [3.63, 3.8) is 0 Å². The van der Waals surface area contributed by atoms with Crippen molar-refractivity contribution in [1.29, 1.82) is 0 Å². The van der Waals surface area contributed by atoms with E-state index in [1.165, 1.54) is 32.2 Å². The second kappa shape index (κ2) is 4.86. The summed E-state index contributed by atoms with van der Waals surface area (Å²) in [5, 5.41) is 3.68. The number of nitrogens with one attached hydrogen (secondary N) is 1. The zero-order valence-electron chi connectivity index (χ0n) is 8.77. The average molecular weight is 169 g/mol. The molecule has 12 heavy (non-hydrogen) atoms. The Morgan fingerprint density at radius 1 is 1.42 bits per heavy atom. The smallest absolute Gasteiger partial charge is 0.00928 e. The van der Waals surface area contributed by atoms with Crippen molar-refractivity contribution in [3.8, 4) is 0 Å². The molecule has 0 radical (unpaired) electrons. The van der Waals surface area contributed by atoms with Crippen LogP contribution < -0.4 is 5.32 Å². The summed E-state index contributed by atoms with van der Waals surface area (Å²) in [4.78, 5) is 0. The summed E-state index contributed by atoms with van der Waals surface area (Å²) in [5.41, 5.74) is 0. The van der Waals surface area contributed by atoms with Gasteiger partial charge in [0.15, 0.2) is 0 Å². The average Bonchev–Trinajstić information content (AvgIpc) is 2.47. The standard InChI is InChI=1S/C11H23N/c1-4-9(2)8-12-11-7-5-6-10(11)3/h9-12H,4-8H2,1-3H3. The van der Waals surface area contributed by atoms with Crippen molar-refractivity contribution in [2.45, 2.75) is 52.5 Å². The molecule has 1 saturated carbocycles. The van der Waals surface area contributed by atoms with Gasteiger partial charge in [0.2, 0.25) is 0 Å². The SMILES string of the molecule is CCC(C)CNC1CCCC1C. The van der Waals surface area contributed by atoms with E-state index in [9.17, 15) is 0 Å². The van der Waals surface area contributed by atoms with E-state index in [1.54, 1.807) is 0 Å². The largest absolute Gasteiger partial charge is 0.313 e. The molecule has 1 aliphatic rings. The molecule has 0 saturated heterocycles. The maximum absolute atomic E-state index is 3.68. The van der Waals surface area contributed by atoms with Gasteiger partial charge in [-0.1, -0.05) is 33.6 Å². The van der Waals surface area contributed by atoms with Crippen LogP contribution in [0.5, 0.6) is 0 Å². The Kier molecular flexibility index (Phi) is 4.07. The van der Waals surface area contributed by atoms with Crippen LogP contribution in [0, 0.1) is 11.8 Å². The van der Waals surface area contributed by atoms with Crippen LogP contribution in [0.25, 0.3) is 0 Å². The Balaban J connectivity index is 2.13. The van der Waals surface area contributed by atoms with Crippen LogP contribution in [0.1, 0.15) is 46.5 Å². The summed E-state index contributed by atoms with van der Waals surface area (Å²) in [7, 11) is 0. The fourth-order valence-electron chi connectivity index (χ4n) is 1.95. The molecule has 1 rings (SSSR count). The van der Waals surface area contributed by atoms with Crippen LogP contribution >= 0.6 is 0 Å². The molecular formula is C11H23N. The lowest BCUT2D eigenvalue weighted by Gasteiger charge is -2.19. The number of hydrogen-bond donors (Lipinski definition) is 1. The zero-order valence-corrected chi connectivity index (χ0v) is 8.77. The Hall–Kier alpha value is -0.0400. The molecule has 1 N–H and O–H groups in total. The first-order valence-electron chi connectivity index (χ1n) is 5.47. The van der Waals surface area contributed by atoms with E-state index < -0.39 is 0 Å². The normalized spacial score (nSPS) is 32.2. The molecule has 72 valence electrons. The van der Waals surface area contributed by atoms with E-state index in [2.05, 4.69) is 26.1 Å². The van der Waals surface area contributed by atoms with Crippen molar-refractivity contribution < 1.29 is 0 Å². The van der Waals surface area contributed by atoms with Crippen LogP contribution in [0.15, 0.2) is 0 Å². The van der Waals surface area contributed by atoms with Crippen LogP contribution in [-0.4, -0.2) is 12.6 Å². The molecule has 0 bridgehead atoms. The number of rotatable bonds is 4. The second-order valence-electron chi connectivity index (χ2n) is 4.44. The molecule has 0 amide bonds. The summed E-state index contributed by atoms with van der Waals surface area (Å²) in [6.07, 6.45) is 5.56. The monoisotopic (exact) mass is 169 g/mol. The lowest BCUT2D eigenvalue weighted by molar-refractivity contribution is 0.387. The topological polar surface area (TPSA) is 12.0 Å². The Morgan fingerprint density at radius 2 is 2.17 bits per heavy atom. The molecule has 1 fully saturated rings. The van der Waals surface area contributed by atoms with E-state index in [4.69, 9.17) is 0 Å². The van der Waals surface area contributed by atoms with Crippen molar-refractivity contribution >= 4 is 0 Å². The minimum atomic E-state index is 0.819. The second-order valence-corrected chi connectivity index (χ2v) is 4.44. The zero-order chi connectivity index (χ0) is 8.97. The van der Waals surface area contributed by atoms with Gasteiger partial charge in [-0.25, -0.2) is 0 Å². The van der Waals surface area contributed by atoms with Gasteiger partial charge in [0, 0.05) is 6.04 Å². The van der Waals surface area contributed by atoms with Crippen LogP contribution in [0.4, 0.5) is 0 Å². The van der Waals surface area contributed by atoms with Crippen molar-refractivity contribution in [1.82, 2.24) is 5.32 Å². The molecular weight excluding hydrogens is 146 g/mol. The fourth-order valence-corrected chi connectivity index (χ4v) is 1.95. The summed E-state index contributed by atoms with van der Waals surface area (Å²) < 4.78 is 0. The first-order valence-corrected chi connectivity index (χ1v) is 5.47. The van der Waals surface area contributed by atoms with Gasteiger partial charge in [-0.2, -0.15) is 0 Å². The van der Waals surface area contributed by atoms with Crippen LogP contribution in [-0.2, 0) is 0 Å². The molecule has 3 atom stereocenters. The first kappa shape index (κ1) is 10.0. The van der Waals surface area contributed by atoms with E-state index in [0.29, 0.717) is 0 Å². The molecule has 0 aromatic heterocycles. The highest BCUT2D eigenvalue weighted by atomic mass is 14.9. The van der Waals surface area contributed by atoms with Crippen molar-refractivity contribution in [3.05, 3.63) is 0 Å². The van der Waals surface area contributed by atoms with E-state index >= 15 is 0 Å². The lowest BCUT2D eigenvalue weighted by atomic mass is 10.0. The Morgan fingerprint density at radius 3 is 2.67 bits per heavy atom. The highest BCUT2D eigenvalue weighted by Crippen LogP contribution is 2.24. The molecule has 1 heteroatoms. The van der Waals surface area contributed by atoms with Crippen LogP contribution in [0.2, 0.25) is 0 Å². The van der Waals surface area contributed by atoms with Crippen LogP contribution in [0.3, 0.4) is 0 Å². The third kappa shape index (κ3) is 2.78. The number of hydrogen-bond acceptors (Lipinski definition) is 1. The highest BCUT2D eigenvalue weighted by molar-refractivity contribution is 4.80. The third-order valence-corrected chi connectivity index (χ3v) is 3.29. The lowest BCUT2D eigenvalue weighted by Crippen LogP contribution is -2.34. The molecule has 0 aromatic carbocycles. The molecule has 0 aromatic rings. The molecule has 3 unspecified atom stereocenters. The molecule has 0 heterocycles. The minimum absolute atomic E-state index is 0.819. The van der Waals surface area contributed by atoms with Gasteiger partial charge in [0.1, 0.15) is 0 Å². The summed E-state index contributed by atoms with van der Waals surface area (Å²) in [6.45, 7) is 8.18. The quantitative estimate of drug-likeness (QED) is 0.682. The Bertz CT molecular complexity index is 122. The van der Waals surface area contributed by atoms with Gasteiger partial charge in [-0.15, -0.1) is 0 Å². The fraction of sp³-hybridized carbons (Fsp3) is 1.00. The van der Waals surface area contributed by atoms with Crippen molar-refractivity contribution in [2.75, 3.05) is 6.54 Å². The van der Waals surface area contributed by atoms with E-state index in [0.717, 1.165) is 17.9 Å². The molecule has 1 nitrogen and oxygen atoms in total. The van der Waals surface area contributed by atoms with Gasteiger partial charge < -0.3 is 5.32 Å². The van der Waals surface area contributed by atoms with Gasteiger partial charge in [-0.3, -0.25) is 0 Å². The molecule has 0 aliphatic heterocycles. The predicted octanol–water partition coefficient (Wildman–Crippen LogP) is 2.81. The Labute approximate surface area is 76.9 Å². The molecule has 1 aliphatic carbocycles. The van der Waals surface area contributed by atoms with Gasteiger partial charge >= 0.3 is 0 Å². The van der Waals surface area contributed by atoms with Gasteiger partial charge in [-0.05, 0) is 31.2 Å². The highest BCUT2D eigenvalue weighted by Gasteiger charge is 2.22. The van der Waals surface area contributed by atoms with Gasteiger partial charge in [0.25, 0.3) is 0 Å². The maximum atomic E-state index is 3.68. The van der Waals surface area contributed by atoms with Crippen molar-refractivity contribution in [2.24, 2.45) is 11.8 Å². The summed E-state index contributed by atoms with van der Waals surface area (Å²) in [5.74, 6) is 1.76. The minimum Gasteiger partial charge on any atom is -0.313 e. The summed E-state index contributed by atoms with van der Waals surface area (Å²) >= 11 is 0. The van der Waals surface area contributed by atoms with E-state index in [1.807, 2.05) is 0 Å². The predicted molar refractivity (Wildman–Crippen MR) is 54.3 cm³/mol. The maximum Gasteiger partial charge on any atom is 0.00928 e. The van der Waals surface area contributed by atoms with E-state index in [-0.39, 0.29) is 0 Å².